The number of ether oxygens (including phenoxy) is 1. The Labute approximate surface area is 73.7 Å². The maximum absolute atomic E-state index is 10.4. The Hall–Kier alpha value is -1.98. The number of anilines is 1. The molecule has 0 aliphatic rings. The number of nitro groups is 1. The highest BCUT2D eigenvalue weighted by molar-refractivity contribution is 5.63. The van der Waals surface area contributed by atoms with E-state index in [1.807, 2.05) is 0 Å². The quantitative estimate of drug-likeness (QED) is 0.404. The molecule has 0 atom stereocenters. The van der Waals surface area contributed by atoms with Crippen molar-refractivity contribution >= 4 is 11.4 Å². The van der Waals surface area contributed by atoms with Gasteiger partial charge in [-0.25, -0.2) is 0 Å². The van der Waals surface area contributed by atoms with Gasteiger partial charge in [-0.3, -0.25) is 10.1 Å². The number of methoxy groups -OCH3 is 1. The molecule has 0 heterocycles. The van der Waals surface area contributed by atoms with Gasteiger partial charge in [0, 0.05) is 6.07 Å². The largest absolute Gasteiger partial charge is 0.502 e. The normalized spacial score (nSPS) is 9.62. The van der Waals surface area contributed by atoms with Gasteiger partial charge in [-0.1, -0.05) is 0 Å². The van der Waals surface area contributed by atoms with Crippen LogP contribution in [0.2, 0.25) is 0 Å². The Morgan fingerprint density at radius 2 is 2.23 bits per heavy atom. The third-order valence-electron chi connectivity index (χ3n) is 1.52. The Morgan fingerprint density at radius 3 is 2.69 bits per heavy atom. The Morgan fingerprint density at radius 1 is 1.62 bits per heavy atom. The maximum atomic E-state index is 10.4. The molecule has 0 aromatic heterocycles. The highest BCUT2D eigenvalue weighted by Gasteiger charge is 2.16. The lowest BCUT2D eigenvalue weighted by molar-refractivity contribution is -0.385. The average molecular weight is 184 g/mol. The van der Waals surface area contributed by atoms with E-state index < -0.39 is 16.4 Å². The van der Waals surface area contributed by atoms with Gasteiger partial charge < -0.3 is 15.6 Å². The molecule has 70 valence electrons. The van der Waals surface area contributed by atoms with Crippen LogP contribution in [0.25, 0.3) is 0 Å². The maximum Gasteiger partial charge on any atom is 0.314 e. The number of nitro benzene ring substituents is 1. The van der Waals surface area contributed by atoms with E-state index in [0.29, 0.717) is 0 Å². The van der Waals surface area contributed by atoms with E-state index >= 15 is 0 Å². The van der Waals surface area contributed by atoms with Crippen molar-refractivity contribution < 1.29 is 14.8 Å². The van der Waals surface area contributed by atoms with Crippen molar-refractivity contribution in [3.63, 3.8) is 0 Å². The van der Waals surface area contributed by atoms with E-state index in [9.17, 15) is 10.1 Å². The van der Waals surface area contributed by atoms with Crippen molar-refractivity contribution in [3.8, 4) is 11.5 Å². The van der Waals surface area contributed by atoms with Crippen LogP contribution >= 0.6 is 0 Å². The molecule has 1 aromatic rings. The number of hydrogen-bond donors (Lipinski definition) is 2. The van der Waals surface area contributed by atoms with Gasteiger partial charge in [-0.2, -0.15) is 0 Å². The fourth-order valence-electron chi connectivity index (χ4n) is 0.897. The minimum Gasteiger partial charge on any atom is -0.502 e. The van der Waals surface area contributed by atoms with Crippen LogP contribution in [-0.2, 0) is 0 Å². The fraction of sp³-hybridized carbons (Fsp3) is 0.143. The molecular weight excluding hydrogens is 176 g/mol. The van der Waals surface area contributed by atoms with Gasteiger partial charge in [0.25, 0.3) is 0 Å². The summed E-state index contributed by atoms with van der Waals surface area (Å²) in [6, 6.07) is 2.15. The standard InChI is InChI=1S/C7H8N2O4/c1-13-7-3-5(9(11)12)6(10)2-4(7)8/h2-3,10H,8H2,1H3. The minimum absolute atomic E-state index is 0.158. The molecule has 0 saturated heterocycles. The summed E-state index contributed by atoms with van der Waals surface area (Å²) in [4.78, 5) is 9.64. The summed E-state index contributed by atoms with van der Waals surface area (Å²) in [6.45, 7) is 0. The number of nitrogens with zero attached hydrogens (tertiary/aromatic N) is 1. The van der Waals surface area contributed by atoms with E-state index in [0.717, 1.165) is 12.1 Å². The number of phenols is 1. The molecule has 0 saturated carbocycles. The Kier molecular flexibility index (Phi) is 2.23. The summed E-state index contributed by atoms with van der Waals surface area (Å²) in [6.07, 6.45) is 0. The fourth-order valence-corrected chi connectivity index (χ4v) is 0.897. The zero-order valence-corrected chi connectivity index (χ0v) is 6.85. The molecule has 6 nitrogen and oxygen atoms in total. The molecule has 0 unspecified atom stereocenters. The molecular formula is C7H8N2O4. The van der Waals surface area contributed by atoms with Gasteiger partial charge in [-0.05, 0) is 0 Å². The molecule has 0 radical (unpaired) electrons. The van der Waals surface area contributed by atoms with Gasteiger partial charge in [0.05, 0.1) is 23.8 Å². The molecule has 0 aliphatic carbocycles. The predicted molar refractivity (Wildman–Crippen MR) is 45.7 cm³/mol. The van der Waals surface area contributed by atoms with Crippen molar-refractivity contribution in [3.05, 3.63) is 22.2 Å². The summed E-state index contributed by atoms with van der Waals surface area (Å²) in [5.41, 5.74) is 5.13. The zero-order chi connectivity index (χ0) is 10.0. The molecule has 13 heavy (non-hydrogen) atoms. The number of nitrogens with two attached hydrogens (primary N) is 1. The summed E-state index contributed by atoms with van der Waals surface area (Å²) in [5.74, 6) is -0.298. The van der Waals surface area contributed by atoms with Crippen LogP contribution in [0, 0.1) is 10.1 Å². The zero-order valence-electron chi connectivity index (χ0n) is 6.85. The van der Waals surface area contributed by atoms with Gasteiger partial charge in [0.15, 0.2) is 5.75 Å². The first-order valence-corrected chi connectivity index (χ1v) is 3.37. The highest BCUT2D eigenvalue weighted by atomic mass is 16.6. The number of nitrogen functional groups attached to an aromatic ring is 1. The number of phenolic OH excluding ortho intramolecular Hbond substituents is 1. The van der Waals surface area contributed by atoms with Crippen molar-refractivity contribution in [2.45, 2.75) is 0 Å². The molecule has 6 heteroatoms. The Bertz CT molecular complexity index is 351. The van der Waals surface area contributed by atoms with Crippen LogP contribution in [0.15, 0.2) is 12.1 Å². The van der Waals surface area contributed by atoms with Gasteiger partial charge >= 0.3 is 5.69 Å². The summed E-state index contributed by atoms with van der Waals surface area (Å²) >= 11 is 0. The van der Waals surface area contributed by atoms with Crippen LogP contribution < -0.4 is 10.5 Å². The summed E-state index contributed by atoms with van der Waals surface area (Å²) < 4.78 is 4.75. The van der Waals surface area contributed by atoms with E-state index in [2.05, 4.69) is 0 Å². The SMILES string of the molecule is COc1cc([N+](=O)[O-])c(O)cc1N. The molecule has 0 aliphatic heterocycles. The second-order valence-corrected chi connectivity index (χ2v) is 2.34. The number of rotatable bonds is 2. The summed E-state index contributed by atoms with van der Waals surface area (Å²) in [5, 5.41) is 19.5. The van der Waals surface area contributed by atoms with Crippen LogP contribution in [0.1, 0.15) is 0 Å². The predicted octanol–water partition coefficient (Wildman–Crippen LogP) is 0.891. The van der Waals surface area contributed by atoms with Crippen LogP contribution in [0.3, 0.4) is 0 Å². The molecule has 0 fully saturated rings. The first kappa shape index (κ1) is 9.11. The van der Waals surface area contributed by atoms with Crippen molar-refractivity contribution in [2.24, 2.45) is 0 Å². The lowest BCUT2D eigenvalue weighted by Gasteiger charge is -2.04. The minimum atomic E-state index is -0.711. The van der Waals surface area contributed by atoms with E-state index in [4.69, 9.17) is 15.6 Å². The Balaban J connectivity index is 3.30. The van der Waals surface area contributed by atoms with Crippen molar-refractivity contribution in [1.82, 2.24) is 0 Å². The van der Waals surface area contributed by atoms with Crippen LogP contribution in [0.4, 0.5) is 11.4 Å². The third kappa shape index (κ3) is 1.61. The van der Waals surface area contributed by atoms with Crippen molar-refractivity contribution in [2.75, 3.05) is 12.8 Å². The van der Waals surface area contributed by atoms with E-state index in [1.165, 1.54) is 7.11 Å². The molecule has 0 spiro atoms. The topological polar surface area (TPSA) is 98.6 Å². The molecule has 1 rings (SSSR count). The van der Waals surface area contributed by atoms with Crippen LogP contribution in [0.5, 0.6) is 11.5 Å². The third-order valence-corrected chi connectivity index (χ3v) is 1.52. The lowest BCUT2D eigenvalue weighted by atomic mass is 10.2. The number of benzene rings is 1. The number of hydrogen-bond acceptors (Lipinski definition) is 5. The average Bonchev–Trinajstić information content (AvgIpc) is 2.03. The van der Waals surface area contributed by atoms with Crippen molar-refractivity contribution in [1.29, 1.82) is 0 Å². The first-order chi connectivity index (χ1) is 6.06. The van der Waals surface area contributed by atoms with E-state index in [-0.39, 0.29) is 11.4 Å². The van der Waals surface area contributed by atoms with E-state index in [1.54, 1.807) is 0 Å². The highest BCUT2D eigenvalue weighted by Crippen LogP contribution is 2.34. The molecule has 3 N–H and O–H groups in total. The van der Waals surface area contributed by atoms with Crippen LogP contribution in [-0.4, -0.2) is 17.1 Å². The second kappa shape index (κ2) is 3.18. The second-order valence-electron chi connectivity index (χ2n) is 2.34. The first-order valence-electron chi connectivity index (χ1n) is 3.37. The molecule has 1 aromatic carbocycles. The monoisotopic (exact) mass is 184 g/mol. The lowest BCUT2D eigenvalue weighted by Crippen LogP contribution is -1.95. The van der Waals surface area contributed by atoms with Gasteiger partial charge in [0.1, 0.15) is 5.75 Å². The number of aromatic hydroxyl groups is 1. The smallest absolute Gasteiger partial charge is 0.314 e. The molecule has 0 amide bonds. The molecule has 0 bridgehead atoms. The van der Waals surface area contributed by atoms with Gasteiger partial charge in [0.2, 0.25) is 0 Å². The van der Waals surface area contributed by atoms with Gasteiger partial charge in [-0.15, -0.1) is 0 Å². The summed E-state index contributed by atoms with van der Waals surface area (Å²) in [7, 11) is 1.34.